The van der Waals surface area contributed by atoms with Crippen molar-refractivity contribution in [3.63, 3.8) is 0 Å². The van der Waals surface area contributed by atoms with Crippen LogP contribution in [-0.4, -0.2) is 60.3 Å². The molecule has 1 aliphatic carbocycles. The third-order valence-electron chi connectivity index (χ3n) is 4.50. The van der Waals surface area contributed by atoms with Crippen molar-refractivity contribution in [3.8, 4) is 6.07 Å². The first-order valence-corrected chi connectivity index (χ1v) is 11.1. The van der Waals surface area contributed by atoms with E-state index in [1.54, 1.807) is 34.6 Å². The Morgan fingerprint density at radius 1 is 1.32 bits per heavy atom. The molecule has 0 aromatic rings. The number of nitriles is 1. The number of ether oxygens (including phenoxy) is 1. The highest BCUT2D eigenvalue weighted by molar-refractivity contribution is 7.92. The molecule has 2 atom stereocenters. The third kappa shape index (κ3) is 5.82. The Morgan fingerprint density at radius 3 is 2.39 bits per heavy atom. The summed E-state index contributed by atoms with van der Waals surface area (Å²) in [4.78, 5) is 29.9. The summed E-state index contributed by atoms with van der Waals surface area (Å²) < 4.78 is 30.4. The minimum Gasteiger partial charge on any atom is -0.427 e. The van der Waals surface area contributed by atoms with Gasteiger partial charge in [-0.05, 0) is 46.0 Å². The van der Waals surface area contributed by atoms with Crippen LogP contribution in [0.4, 0.5) is 4.79 Å². The van der Waals surface area contributed by atoms with Gasteiger partial charge in [-0.1, -0.05) is 13.8 Å². The average Bonchev–Trinajstić information content (AvgIpc) is 3.14. The van der Waals surface area contributed by atoms with E-state index < -0.39 is 44.3 Å². The summed E-state index contributed by atoms with van der Waals surface area (Å²) in [5.74, 6) is -0.606. The average molecular weight is 416 g/mol. The predicted molar refractivity (Wildman–Crippen MR) is 101 cm³/mol. The van der Waals surface area contributed by atoms with E-state index in [0.717, 1.165) is 5.06 Å². The zero-order valence-corrected chi connectivity index (χ0v) is 17.8. The predicted octanol–water partition coefficient (Wildman–Crippen LogP) is 1.54. The smallest absolute Gasteiger partial charge is 0.427 e. The molecule has 0 spiro atoms. The second-order valence-corrected chi connectivity index (χ2v) is 11.3. The molecular formula is C18H29N3O6S. The zero-order valence-electron chi connectivity index (χ0n) is 17.0. The first-order valence-electron chi connectivity index (χ1n) is 9.39. The van der Waals surface area contributed by atoms with Crippen LogP contribution in [0.1, 0.15) is 53.9 Å². The fraction of sp³-hybridized carbons (Fsp3) is 0.833. The van der Waals surface area contributed by atoms with Gasteiger partial charge in [0.1, 0.15) is 17.2 Å². The molecule has 28 heavy (non-hydrogen) atoms. The number of carbonyl (C=O) groups is 2. The standard InChI is InChI=1S/C18H29N3O6S/c1-12(2)10-28(24,25)13-8-14(15(22)20-18(11-19)6-7-18)21(9-13)27-16(23)26-17(3,4)5/h12-14H,6-10H2,1-5H3,(H,20,22)/t13-,14+/m1/s1. The van der Waals surface area contributed by atoms with Crippen LogP contribution >= 0.6 is 0 Å². The zero-order chi connectivity index (χ0) is 21.3. The summed E-state index contributed by atoms with van der Waals surface area (Å²) in [5.41, 5.74) is -1.69. The number of rotatable bonds is 6. The van der Waals surface area contributed by atoms with Gasteiger partial charge in [-0.25, -0.2) is 13.2 Å². The van der Waals surface area contributed by atoms with Crippen molar-refractivity contribution in [1.82, 2.24) is 10.4 Å². The minimum atomic E-state index is -3.48. The van der Waals surface area contributed by atoms with Gasteiger partial charge < -0.3 is 14.9 Å². The van der Waals surface area contributed by atoms with Gasteiger partial charge in [0.25, 0.3) is 0 Å². The lowest BCUT2D eigenvalue weighted by molar-refractivity contribution is -0.162. The van der Waals surface area contributed by atoms with Crippen LogP contribution in [0.25, 0.3) is 0 Å². The van der Waals surface area contributed by atoms with Gasteiger partial charge in [-0.3, -0.25) is 4.79 Å². The Hall–Kier alpha value is -1.86. The maximum absolute atomic E-state index is 12.7. The van der Waals surface area contributed by atoms with E-state index in [1.807, 2.05) is 0 Å². The summed E-state index contributed by atoms with van der Waals surface area (Å²) in [6.45, 7) is 8.49. The Bertz CT molecular complexity index is 761. The lowest BCUT2D eigenvalue weighted by atomic mass is 10.2. The van der Waals surface area contributed by atoms with Gasteiger partial charge in [0, 0.05) is 0 Å². The summed E-state index contributed by atoms with van der Waals surface area (Å²) in [6, 6.07) is 1.06. The van der Waals surface area contributed by atoms with E-state index in [9.17, 15) is 23.3 Å². The van der Waals surface area contributed by atoms with E-state index in [4.69, 9.17) is 9.57 Å². The van der Waals surface area contributed by atoms with Crippen molar-refractivity contribution in [2.45, 2.75) is 76.3 Å². The normalized spacial score (nSPS) is 24.5. The number of sulfone groups is 1. The number of hydroxylamine groups is 2. The van der Waals surface area contributed by atoms with Crippen molar-refractivity contribution in [2.24, 2.45) is 5.92 Å². The second kappa shape index (κ2) is 7.87. The molecule has 0 bridgehead atoms. The van der Waals surface area contributed by atoms with E-state index in [1.165, 1.54) is 0 Å². The minimum absolute atomic E-state index is 0.00874. The molecule has 1 saturated carbocycles. The van der Waals surface area contributed by atoms with Gasteiger partial charge in [-0.15, -0.1) is 5.06 Å². The number of hydrogen-bond acceptors (Lipinski definition) is 8. The SMILES string of the molecule is CC(C)CS(=O)(=O)[C@@H]1C[C@@H](C(=O)NC2(C#N)CC2)N(OC(=O)OC(C)(C)C)C1. The molecule has 1 N–H and O–H groups in total. The molecule has 2 fully saturated rings. The Balaban J connectivity index is 2.16. The number of hydrogen-bond donors (Lipinski definition) is 1. The molecule has 9 nitrogen and oxygen atoms in total. The van der Waals surface area contributed by atoms with E-state index in [2.05, 4.69) is 11.4 Å². The quantitative estimate of drug-likeness (QED) is 0.648. The van der Waals surface area contributed by atoms with Gasteiger partial charge in [0.15, 0.2) is 9.84 Å². The van der Waals surface area contributed by atoms with Crippen molar-refractivity contribution in [2.75, 3.05) is 12.3 Å². The Morgan fingerprint density at radius 2 is 1.93 bits per heavy atom. The third-order valence-corrected chi connectivity index (χ3v) is 6.99. The fourth-order valence-electron chi connectivity index (χ4n) is 3.04. The van der Waals surface area contributed by atoms with E-state index >= 15 is 0 Å². The molecule has 1 aliphatic heterocycles. The monoisotopic (exact) mass is 415 g/mol. The summed E-state index contributed by atoms with van der Waals surface area (Å²) in [6.07, 6.45) is 0.0766. The van der Waals surface area contributed by atoms with Crippen LogP contribution in [0.5, 0.6) is 0 Å². The first kappa shape index (κ1) is 22.4. The van der Waals surface area contributed by atoms with Crippen molar-refractivity contribution in [1.29, 1.82) is 5.26 Å². The van der Waals surface area contributed by atoms with Crippen LogP contribution in [0.3, 0.4) is 0 Å². The molecule has 2 aliphatic rings. The molecule has 1 amide bonds. The molecule has 1 heterocycles. The van der Waals surface area contributed by atoms with Gasteiger partial charge in [-0.2, -0.15) is 5.26 Å². The Kier molecular flexibility index (Phi) is 6.31. The summed E-state index contributed by atoms with van der Waals surface area (Å²) in [7, 11) is -3.48. The van der Waals surface area contributed by atoms with E-state index in [-0.39, 0.29) is 24.6 Å². The number of nitrogens with zero attached hydrogens (tertiary/aromatic N) is 2. The first-order chi connectivity index (χ1) is 12.8. The van der Waals surface area contributed by atoms with Crippen molar-refractivity contribution < 1.29 is 27.6 Å². The molecule has 0 aromatic carbocycles. The van der Waals surface area contributed by atoms with Gasteiger partial charge in [0.05, 0.1) is 23.6 Å². The highest BCUT2D eigenvalue weighted by Crippen LogP contribution is 2.35. The van der Waals surface area contributed by atoms with Gasteiger partial charge in [0.2, 0.25) is 5.91 Å². The van der Waals surface area contributed by atoms with E-state index in [0.29, 0.717) is 12.8 Å². The largest absolute Gasteiger partial charge is 0.528 e. The molecule has 2 rings (SSSR count). The van der Waals surface area contributed by atoms with Crippen LogP contribution in [0.2, 0.25) is 0 Å². The molecule has 0 radical (unpaired) electrons. The van der Waals surface area contributed by atoms with Gasteiger partial charge >= 0.3 is 6.16 Å². The highest BCUT2D eigenvalue weighted by atomic mass is 32.2. The number of carbonyl (C=O) groups excluding carboxylic acids is 2. The lowest BCUT2D eigenvalue weighted by Gasteiger charge is -2.25. The van der Waals surface area contributed by atoms with Crippen LogP contribution in [0.15, 0.2) is 0 Å². The van der Waals surface area contributed by atoms with Crippen LogP contribution < -0.4 is 5.32 Å². The topological polar surface area (TPSA) is 126 Å². The maximum atomic E-state index is 12.7. The van der Waals surface area contributed by atoms with Crippen LogP contribution in [-0.2, 0) is 24.2 Å². The molecule has 0 unspecified atom stereocenters. The molecular weight excluding hydrogens is 386 g/mol. The maximum Gasteiger partial charge on any atom is 0.528 e. The number of nitrogens with one attached hydrogen (secondary N) is 1. The number of amides is 1. The molecule has 0 aromatic heterocycles. The van der Waals surface area contributed by atoms with Crippen LogP contribution in [0, 0.1) is 17.2 Å². The summed E-state index contributed by atoms with van der Waals surface area (Å²) >= 11 is 0. The van der Waals surface area contributed by atoms with Crippen molar-refractivity contribution >= 4 is 21.9 Å². The lowest BCUT2D eigenvalue weighted by Crippen LogP contribution is -2.48. The highest BCUT2D eigenvalue weighted by Gasteiger charge is 2.50. The molecule has 1 saturated heterocycles. The Labute approximate surface area is 166 Å². The molecule has 10 heteroatoms. The van der Waals surface area contributed by atoms with Crippen molar-refractivity contribution in [3.05, 3.63) is 0 Å². The fourth-order valence-corrected chi connectivity index (χ4v) is 5.09. The second-order valence-electron chi connectivity index (χ2n) is 8.94. The molecule has 158 valence electrons. The summed E-state index contributed by atoms with van der Waals surface area (Å²) in [5, 5.41) is 12.1.